The van der Waals surface area contributed by atoms with Gasteiger partial charge in [-0.05, 0) is 81.3 Å². The molecule has 1 aliphatic heterocycles. The molecule has 210 valence electrons. The third kappa shape index (κ3) is 5.66. The molecule has 38 heavy (non-hydrogen) atoms. The number of rotatable bonds is 11. The Morgan fingerprint density at radius 2 is 1.92 bits per heavy atom. The highest BCUT2D eigenvalue weighted by atomic mass is 16.7. The van der Waals surface area contributed by atoms with E-state index >= 15 is 0 Å². The molecule has 1 aromatic heterocycles. The Balaban J connectivity index is 1.45. The molecular formula is C29H46BN3O5. The summed E-state index contributed by atoms with van der Waals surface area (Å²) < 4.78 is 13.1. The van der Waals surface area contributed by atoms with E-state index in [0.717, 1.165) is 37.8 Å². The number of carbonyl (C=O) groups is 2. The van der Waals surface area contributed by atoms with Gasteiger partial charge in [-0.3, -0.25) is 9.59 Å². The van der Waals surface area contributed by atoms with Gasteiger partial charge in [-0.2, -0.15) is 0 Å². The van der Waals surface area contributed by atoms with Crippen LogP contribution in [0.2, 0.25) is 0 Å². The van der Waals surface area contributed by atoms with Crippen LogP contribution in [0, 0.1) is 23.2 Å². The molecule has 1 saturated heterocycles. The molecule has 2 heterocycles. The highest BCUT2D eigenvalue weighted by molar-refractivity contribution is 6.48. The fraction of sp³-hybridized carbons (Fsp3) is 0.759. The molecule has 9 heteroatoms. The van der Waals surface area contributed by atoms with E-state index in [1.165, 1.54) is 6.92 Å². The lowest BCUT2D eigenvalue weighted by Gasteiger charge is -2.64. The van der Waals surface area contributed by atoms with Crippen molar-refractivity contribution in [1.82, 2.24) is 15.6 Å². The van der Waals surface area contributed by atoms with E-state index in [1.54, 1.807) is 12.1 Å². The van der Waals surface area contributed by atoms with Crippen LogP contribution in [-0.4, -0.2) is 58.8 Å². The number of aliphatic hydroxyl groups is 1. The molecule has 2 amide bonds. The summed E-state index contributed by atoms with van der Waals surface area (Å²) in [7, 11) is -0.575. The first-order chi connectivity index (χ1) is 17.9. The Kier molecular flexibility index (Phi) is 8.60. The molecule has 7 atom stereocenters. The lowest BCUT2D eigenvalue weighted by Crippen LogP contribution is -2.65. The second kappa shape index (κ2) is 11.3. The number of hydrogen-bond donors (Lipinski definition) is 3. The Morgan fingerprint density at radius 1 is 1.18 bits per heavy atom. The number of nitrogens with one attached hydrogen (secondary N) is 2. The van der Waals surface area contributed by atoms with Crippen LogP contribution in [-0.2, 0) is 20.5 Å². The van der Waals surface area contributed by atoms with Gasteiger partial charge in [0.15, 0.2) is 0 Å². The SMILES string of the molecule is CCCCc1cccc(C(=O)N[C@H](C(=O)N[C@@H](CC(C)C)B2O[C@@H]3C[C@@H]4C[C@@H](C4(C)C)[C@]3(C)O2)[C@@H](C)O)n1. The first-order valence-electron chi connectivity index (χ1n) is 14.4. The van der Waals surface area contributed by atoms with Gasteiger partial charge < -0.3 is 25.0 Å². The van der Waals surface area contributed by atoms with Crippen LogP contribution in [0.3, 0.4) is 0 Å². The third-order valence-electron chi connectivity index (χ3n) is 9.23. The zero-order valence-corrected chi connectivity index (χ0v) is 24.1. The molecule has 3 saturated carbocycles. The van der Waals surface area contributed by atoms with Crippen molar-refractivity contribution < 1.29 is 24.0 Å². The predicted octanol–water partition coefficient (Wildman–Crippen LogP) is 3.70. The Bertz CT molecular complexity index is 1020. The van der Waals surface area contributed by atoms with Gasteiger partial charge >= 0.3 is 7.12 Å². The summed E-state index contributed by atoms with van der Waals surface area (Å²) in [6.45, 7) is 14.6. The van der Waals surface area contributed by atoms with Crippen LogP contribution in [0.25, 0.3) is 0 Å². The zero-order valence-electron chi connectivity index (χ0n) is 24.1. The summed E-state index contributed by atoms with van der Waals surface area (Å²) in [6, 6.07) is 4.18. The van der Waals surface area contributed by atoms with Crippen LogP contribution in [0.5, 0.6) is 0 Å². The molecule has 4 fully saturated rings. The monoisotopic (exact) mass is 527 g/mol. The van der Waals surface area contributed by atoms with Gasteiger partial charge in [0.05, 0.1) is 23.8 Å². The van der Waals surface area contributed by atoms with Gasteiger partial charge in [0.25, 0.3) is 5.91 Å². The molecule has 3 aliphatic carbocycles. The lowest BCUT2D eigenvalue weighted by molar-refractivity contribution is -0.199. The molecule has 5 rings (SSSR count). The van der Waals surface area contributed by atoms with Gasteiger partial charge in [-0.25, -0.2) is 4.98 Å². The number of amides is 2. The van der Waals surface area contributed by atoms with Crippen molar-refractivity contribution in [3.8, 4) is 0 Å². The van der Waals surface area contributed by atoms with Gasteiger partial charge in [-0.15, -0.1) is 0 Å². The topological polar surface area (TPSA) is 110 Å². The van der Waals surface area contributed by atoms with Crippen molar-refractivity contribution in [2.75, 3.05) is 0 Å². The first kappa shape index (κ1) is 29.0. The highest BCUT2D eigenvalue weighted by Crippen LogP contribution is 2.65. The number of aromatic nitrogens is 1. The smallest absolute Gasteiger partial charge is 0.404 e. The number of aliphatic hydroxyl groups excluding tert-OH is 1. The average molecular weight is 528 g/mol. The van der Waals surface area contributed by atoms with E-state index < -0.39 is 37.0 Å². The van der Waals surface area contributed by atoms with E-state index in [1.807, 2.05) is 6.07 Å². The van der Waals surface area contributed by atoms with Crippen molar-refractivity contribution in [3.63, 3.8) is 0 Å². The maximum atomic E-state index is 13.5. The van der Waals surface area contributed by atoms with Crippen LogP contribution >= 0.6 is 0 Å². The number of aryl methyl sites for hydroxylation is 1. The van der Waals surface area contributed by atoms with Crippen LogP contribution < -0.4 is 10.6 Å². The number of carbonyl (C=O) groups excluding carboxylic acids is 2. The summed E-state index contributed by atoms with van der Waals surface area (Å²) in [6.07, 6.45) is 4.49. The van der Waals surface area contributed by atoms with E-state index in [-0.39, 0.29) is 28.7 Å². The van der Waals surface area contributed by atoms with Crippen molar-refractivity contribution in [1.29, 1.82) is 0 Å². The Morgan fingerprint density at radius 3 is 2.55 bits per heavy atom. The first-order valence-corrected chi connectivity index (χ1v) is 14.4. The number of pyridine rings is 1. The second-order valence-electron chi connectivity index (χ2n) is 12.9. The molecule has 0 unspecified atom stereocenters. The maximum absolute atomic E-state index is 13.5. The van der Waals surface area contributed by atoms with Crippen LogP contribution in [0.1, 0.15) is 96.8 Å². The van der Waals surface area contributed by atoms with Gasteiger partial charge in [0.1, 0.15) is 11.7 Å². The number of hydrogen-bond acceptors (Lipinski definition) is 6. The maximum Gasteiger partial charge on any atom is 0.481 e. The van der Waals surface area contributed by atoms with Crippen molar-refractivity contribution in [2.45, 2.75) is 117 Å². The minimum atomic E-state index is -1.13. The van der Waals surface area contributed by atoms with E-state index in [0.29, 0.717) is 18.3 Å². The Hall–Kier alpha value is -1.97. The summed E-state index contributed by atoms with van der Waals surface area (Å²) in [4.78, 5) is 30.9. The van der Waals surface area contributed by atoms with E-state index in [2.05, 4.69) is 57.2 Å². The summed E-state index contributed by atoms with van der Waals surface area (Å²) in [5, 5.41) is 16.2. The highest BCUT2D eigenvalue weighted by Gasteiger charge is 2.68. The second-order valence-corrected chi connectivity index (χ2v) is 12.9. The molecule has 4 aliphatic rings. The standard InChI is InChI=1S/C29H46BN3O5/c1-8-9-11-20-12-10-13-21(31-20)26(35)33-25(18(4)34)27(36)32-24(14-17(2)3)30-37-23-16-19-15-22(28(19,5)6)29(23,7)38-30/h10,12-13,17-19,22-25,34H,8-9,11,14-16H2,1-7H3,(H,32,36)(H,33,35)/t18-,19+,22+,23-,24+,25+,29+/m1/s1. The fourth-order valence-electron chi connectivity index (χ4n) is 6.81. The van der Waals surface area contributed by atoms with E-state index in [4.69, 9.17) is 9.31 Å². The summed E-state index contributed by atoms with van der Waals surface area (Å²) >= 11 is 0. The molecule has 0 radical (unpaired) electrons. The molecular weight excluding hydrogens is 481 g/mol. The van der Waals surface area contributed by atoms with Crippen molar-refractivity contribution >= 4 is 18.9 Å². The van der Waals surface area contributed by atoms with E-state index in [9.17, 15) is 14.7 Å². The van der Waals surface area contributed by atoms with Crippen LogP contribution in [0.4, 0.5) is 0 Å². The molecule has 8 nitrogen and oxygen atoms in total. The van der Waals surface area contributed by atoms with Crippen molar-refractivity contribution in [3.05, 3.63) is 29.6 Å². The lowest BCUT2D eigenvalue weighted by atomic mass is 9.43. The average Bonchev–Trinajstić information content (AvgIpc) is 3.22. The third-order valence-corrected chi connectivity index (χ3v) is 9.23. The zero-order chi connectivity index (χ0) is 27.8. The Labute approximate surface area is 228 Å². The quantitative estimate of drug-likeness (QED) is 0.379. The van der Waals surface area contributed by atoms with Gasteiger partial charge in [0.2, 0.25) is 5.91 Å². The van der Waals surface area contributed by atoms with Gasteiger partial charge in [0, 0.05) is 5.69 Å². The summed E-state index contributed by atoms with van der Waals surface area (Å²) in [5.41, 5.74) is 0.914. The van der Waals surface area contributed by atoms with Crippen molar-refractivity contribution in [2.24, 2.45) is 23.2 Å². The molecule has 0 aromatic carbocycles. The molecule has 3 N–H and O–H groups in total. The van der Waals surface area contributed by atoms with Crippen LogP contribution in [0.15, 0.2) is 18.2 Å². The largest absolute Gasteiger partial charge is 0.481 e. The number of nitrogens with zero attached hydrogens (tertiary/aromatic N) is 1. The number of unbranched alkanes of at least 4 members (excludes halogenated alkanes) is 1. The summed E-state index contributed by atoms with van der Waals surface area (Å²) in [5.74, 6) is -0.0162. The fourth-order valence-corrected chi connectivity index (χ4v) is 6.81. The molecule has 0 spiro atoms. The van der Waals surface area contributed by atoms with Gasteiger partial charge in [-0.1, -0.05) is 47.1 Å². The minimum absolute atomic E-state index is 0.00848. The predicted molar refractivity (Wildman–Crippen MR) is 147 cm³/mol. The molecule has 1 aromatic rings. The minimum Gasteiger partial charge on any atom is -0.404 e. The normalized spacial score (nSPS) is 29.7. The molecule has 2 bridgehead atoms.